The van der Waals surface area contributed by atoms with Gasteiger partial charge in [0, 0.05) is 47.9 Å². The summed E-state index contributed by atoms with van der Waals surface area (Å²) in [4.78, 5) is 27.2. The molecule has 1 aliphatic heterocycles. The molecule has 1 fully saturated rings. The standard InChI is InChI=1S/C20H22BrN3O4S2/c1-27-7-5-22-18(25)12-23-11-13(15-10-14(21)3-4-16(15)23)9-17-19(26)24(6-8-28-2)20(29)30-17/h3-4,9-11H,5-8,12H2,1-2H3,(H,22,25)/b17-9-. The number of benzene rings is 1. The molecule has 0 spiro atoms. The molecule has 1 N–H and O–H groups in total. The molecule has 0 aliphatic carbocycles. The van der Waals surface area contributed by atoms with Crippen LogP contribution >= 0.6 is 39.9 Å². The van der Waals surface area contributed by atoms with Crippen LogP contribution in [0.1, 0.15) is 5.56 Å². The number of thioether (sulfide) groups is 1. The third-order valence-corrected chi connectivity index (χ3v) is 6.37. The maximum Gasteiger partial charge on any atom is 0.266 e. The number of hydrogen-bond donors (Lipinski definition) is 1. The quantitative estimate of drug-likeness (QED) is 0.317. The van der Waals surface area contributed by atoms with Crippen LogP contribution in [0.25, 0.3) is 17.0 Å². The average Bonchev–Trinajstić information content (AvgIpc) is 3.17. The van der Waals surface area contributed by atoms with Crippen LogP contribution in [0.4, 0.5) is 0 Å². The summed E-state index contributed by atoms with van der Waals surface area (Å²) in [7, 11) is 3.18. The van der Waals surface area contributed by atoms with E-state index in [2.05, 4.69) is 21.2 Å². The number of carbonyl (C=O) groups excluding carboxylic acids is 2. The fraction of sp³-hybridized carbons (Fsp3) is 0.350. The van der Waals surface area contributed by atoms with Crippen molar-refractivity contribution in [1.29, 1.82) is 0 Å². The number of halogens is 1. The van der Waals surface area contributed by atoms with Gasteiger partial charge in [0.1, 0.15) is 10.9 Å². The summed E-state index contributed by atoms with van der Waals surface area (Å²) in [6.07, 6.45) is 3.72. The Morgan fingerprint density at radius 2 is 2.07 bits per heavy atom. The van der Waals surface area contributed by atoms with Gasteiger partial charge < -0.3 is 19.4 Å². The third kappa shape index (κ3) is 5.30. The summed E-state index contributed by atoms with van der Waals surface area (Å²) in [6.45, 7) is 1.93. The lowest BCUT2D eigenvalue weighted by molar-refractivity contribution is -0.123. The Hall–Kier alpha value is -1.72. The van der Waals surface area contributed by atoms with Crippen molar-refractivity contribution in [1.82, 2.24) is 14.8 Å². The van der Waals surface area contributed by atoms with E-state index in [4.69, 9.17) is 21.7 Å². The van der Waals surface area contributed by atoms with E-state index in [0.717, 1.165) is 20.9 Å². The molecule has 2 heterocycles. The van der Waals surface area contributed by atoms with Crippen LogP contribution in [0.15, 0.2) is 33.8 Å². The number of aromatic nitrogens is 1. The van der Waals surface area contributed by atoms with Crippen molar-refractivity contribution < 1.29 is 19.1 Å². The number of nitrogens with one attached hydrogen (secondary N) is 1. The highest BCUT2D eigenvalue weighted by atomic mass is 79.9. The van der Waals surface area contributed by atoms with E-state index in [1.807, 2.05) is 35.0 Å². The summed E-state index contributed by atoms with van der Waals surface area (Å²) < 4.78 is 13.3. The zero-order valence-corrected chi connectivity index (χ0v) is 19.9. The first kappa shape index (κ1) is 23.0. The van der Waals surface area contributed by atoms with Gasteiger partial charge in [-0.1, -0.05) is 39.9 Å². The Morgan fingerprint density at radius 3 is 2.80 bits per heavy atom. The van der Waals surface area contributed by atoms with Crippen molar-refractivity contribution in [2.24, 2.45) is 0 Å². The van der Waals surface area contributed by atoms with E-state index in [9.17, 15) is 9.59 Å². The number of ether oxygens (including phenoxy) is 2. The van der Waals surface area contributed by atoms with Crippen molar-refractivity contribution >= 4 is 73.0 Å². The number of carbonyl (C=O) groups is 2. The smallest absolute Gasteiger partial charge is 0.266 e. The second kappa shape index (κ2) is 10.5. The maximum atomic E-state index is 12.8. The van der Waals surface area contributed by atoms with Gasteiger partial charge >= 0.3 is 0 Å². The van der Waals surface area contributed by atoms with Gasteiger partial charge in [0.15, 0.2) is 0 Å². The van der Waals surface area contributed by atoms with Gasteiger partial charge in [-0.25, -0.2) is 0 Å². The molecule has 0 radical (unpaired) electrons. The fourth-order valence-electron chi connectivity index (χ4n) is 3.06. The van der Waals surface area contributed by atoms with E-state index >= 15 is 0 Å². The Balaban J connectivity index is 1.90. The zero-order valence-electron chi connectivity index (χ0n) is 16.6. The Bertz CT molecular complexity index is 1010. The third-order valence-electron chi connectivity index (χ3n) is 4.50. The van der Waals surface area contributed by atoms with Crippen LogP contribution in [0, 0.1) is 0 Å². The molecule has 0 saturated carbocycles. The fourth-order valence-corrected chi connectivity index (χ4v) is 4.72. The molecule has 3 rings (SSSR count). The average molecular weight is 512 g/mol. The summed E-state index contributed by atoms with van der Waals surface area (Å²) in [6, 6.07) is 5.85. The van der Waals surface area contributed by atoms with Crippen molar-refractivity contribution in [3.63, 3.8) is 0 Å². The molecule has 1 aliphatic rings. The molecule has 0 bridgehead atoms. The lowest BCUT2D eigenvalue weighted by atomic mass is 10.1. The largest absolute Gasteiger partial charge is 0.383 e. The molecule has 1 aromatic carbocycles. The monoisotopic (exact) mass is 511 g/mol. The van der Waals surface area contributed by atoms with Gasteiger partial charge in [-0.2, -0.15) is 0 Å². The van der Waals surface area contributed by atoms with Crippen LogP contribution < -0.4 is 5.32 Å². The van der Waals surface area contributed by atoms with Crippen LogP contribution in [0.5, 0.6) is 0 Å². The predicted molar refractivity (Wildman–Crippen MR) is 126 cm³/mol. The lowest BCUT2D eigenvalue weighted by Gasteiger charge is -2.12. The highest BCUT2D eigenvalue weighted by Crippen LogP contribution is 2.34. The molecule has 10 heteroatoms. The van der Waals surface area contributed by atoms with Gasteiger partial charge in [0.25, 0.3) is 5.91 Å². The number of thiocarbonyl (C=S) groups is 1. The zero-order chi connectivity index (χ0) is 21.7. The molecular formula is C20H22BrN3O4S2. The van der Waals surface area contributed by atoms with Crippen molar-refractivity contribution in [2.45, 2.75) is 6.54 Å². The second-order valence-corrected chi connectivity index (χ2v) is 9.13. The molecule has 0 atom stereocenters. The van der Waals surface area contributed by atoms with E-state index in [-0.39, 0.29) is 18.4 Å². The van der Waals surface area contributed by atoms with Crippen LogP contribution in [-0.2, 0) is 25.6 Å². The van der Waals surface area contributed by atoms with E-state index in [0.29, 0.717) is 35.5 Å². The normalized spacial score (nSPS) is 15.6. The summed E-state index contributed by atoms with van der Waals surface area (Å²) in [5.41, 5.74) is 1.75. The maximum absolute atomic E-state index is 12.8. The van der Waals surface area contributed by atoms with Gasteiger partial charge in [-0.3, -0.25) is 14.5 Å². The van der Waals surface area contributed by atoms with Gasteiger partial charge in [0.2, 0.25) is 5.91 Å². The van der Waals surface area contributed by atoms with Crippen molar-refractivity contribution in [3.8, 4) is 0 Å². The van der Waals surface area contributed by atoms with E-state index in [1.165, 1.54) is 11.8 Å². The second-order valence-electron chi connectivity index (χ2n) is 6.54. The van der Waals surface area contributed by atoms with Crippen LogP contribution in [0.2, 0.25) is 0 Å². The molecule has 7 nitrogen and oxygen atoms in total. The molecule has 30 heavy (non-hydrogen) atoms. The molecule has 160 valence electrons. The number of rotatable bonds is 9. The minimum absolute atomic E-state index is 0.107. The van der Waals surface area contributed by atoms with Gasteiger partial charge in [-0.15, -0.1) is 0 Å². The number of methoxy groups -OCH3 is 2. The number of fused-ring (bicyclic) bond motifs is 1. The molecule has 0 unspecified atom stereocenters. The lowest BCUT2D eigenvalue weighted by Crippen LogP contribution is -2.31. The van der Waals surface area contributed by atoms with Gasteiger partial charge in [-0.05, 0) is 24.3 Å². The number of nitrogens with zero attached hydrogens (tertiary/aromatic N) is 2. The molecule has 2 aromatic rings. The molecular weight excluding hydrogens is 490 g/mol. The van der Waals surface area contributed by atoms with Crippen LogP contribution in [-0.4, -0.2) is 66.1 Å². The molecule has 1 aromatic heterocycles. The van der Waals surface area contributed by atoms with Crippen LogP contribution in [0.3, 0.4) is 0 Å². The van der Waals surface area contributed by atoms with Crippen molar-refractivity contribution in [3.05, 3.63) is 39.3 Å². The minimum atomic E-state index is -0.129. The Morgan fingerprint density at radius 1 is 1.30 bits per heavy atom. The number of amides is 2. The van der Waals surface area contributed by atoms with Gasteiger partial charge in [0.05, 0.1) is 24.7 Å². The predicted octanol–water partition coefficient (Wildman–Crippen LogP) is 3.01. The highest BCUT2D eigenvalue weighted by Gasteiger charge is 2.31. The number of hydrogen-bond acceptors (Lipinski definition) is 6. The summed E-state index contributed by atoms with van der Waals surface area (Å²) in [5.74, 6) is -0.237. The molecule has 2 amide bonds. The highest BCUT2D eigenvalue weighted by molar-refractivity contribution is 9.10. The Labute approximate surface area is 192 Å². The summed E-state index contributed by atoms with van der Waals surface area (Å²) in [5, 5.41) is 3.77. The first-order valence-corrected chi connectivity index (χ1v) is 11.2. The first-order chi connectivity index (χ1) is 14.4. The minimum Gasteiger partial charge on any atom is -0.383 e. The van der Waals surface area contributed by atoms with Crippen molar-refractivity contribution in [2.75, 3.05) is 40.5 Å². The van der Waals surface area contributed by atoms with E-state index < -0.39 is 0 Å². The SMILES string of the molecule is COCCNC(=O)Cn1cc(/C=C2\SC(=S)N(CCOC)C2=O)c2cc(Br)ccc21. The first-order valence-electron chi connectivity index (χ1n) is 9.23. The molecule has 1 saturated heterocycles. The summed E-state index contributed by atoms with van der Waals surface area (Å²) >= 11 is 10.1. The van der Waals surface area contributed by atoms with E-state index in [1.54, 1.807) is 19.1 Å². The topological polar surface area (TPSA) is 72.8 Å². The Kier molecular flexibility index (Phi) is 8.06.